The van der Waals surface area contributed by atoms with Gasteiger partial charge in [-0.25, -0.2) is 0 Å². The second-order valence-electron chi connectivity index (χ2n) is 6.09. The van der Waals surface area contributed by atoms with E-state index in [1.807, 2.05) is 0 Å². The minimum absolute atomic E-state index is 0.0558. The molecular formula is C17H24O. The third kappa shape index (κ3) is 1.99. The lowest BCUT2D eigenvalue weighted by atomic mass is 9.74. The van der Waals surface area contributed by atoms with Crippen molar-refractivity contribution in [2.24, 2.45) is 0 Å². The normalized spacial score (nSPS) is 30.0. The Morgan fingerprint density at radius 2 is 2.28 bits per heavy atom. The van der Waals surface area contributed by atoms with Crippen LogP contribution in [0, 0.1) is 6.92 Å². The third-order valence-electron chi connectivity index (χ3n) is 4.63. The van der Waals surface area contributed by atoms with Crippen molar-refractivity contribution in [1.82, 2.24) is 0 Å². The van der Waals surface area contributed by atoms with Gasteiger partial charge in [0.1, 0.15) is 0 Å². The van der Waals surface area contributed by atoms with E-state index in [2.05, 4.69) is 32.0 Å². The standard InChI is InChI=1S/C17H24O/c1-3-4-9-17-10-5-6-15(18-17)12-14-11-13(2)7-8-16(14)17/h7-8,11,15H,3-6,9-10,12H2,1-2H3/t15-,17+/m0/s1. The summed E-state index contributed by atoms with van der Waals surface area (Å²) in [4.78, 5) is 0. The Hall–Kier alpha value is -0.820. The number of hydrogen-bond acceptors (Lipinski definition) is 1. The number of fused-ring (bicyclic) bond motifs is 4. The van der Waals surface area contributed by atoms with E-state index in [9.17, 15) is 0 Å². The first-order chi connectivity index (χ1) is 8.73. The van der Waals surface area contributed by atoms with Gasteiger partial charge in [-0.2, -0.15) is 0 Å². The first kappa shape index (κ1) is 12.2. The van der Waals surface area contributed by atoms with Crippen molar-refractivity contribution in [2.75, 3.05) is 0 Å². The molecule has 0 aliphatic carbocycles. The molecule has 2 atom stereocenters. The molecule has 98 valence electrons. The van der Waals surface area contributed by atoms with Crippen LogP contribution in [0.25, 0.3) is 0 Å². The molecule has 1 aromatic rings. The molecule has 0 amide bonds. The molecule has 1 heteroatoms. The van der Waals surface area contributed by atoms with Crippen LogP contribution < -0.4 is 0 Å². The Kier molecular flexibility index (Phi) is 3.19. The van der Waals surface area contributed by atoms with Crippen molar-refractivity contribution in [3.05, 3.63) is 34.9 Å². The van der Waals surface area contributed by atoms with Crippen molar-refractivity contribution in [1.29, 1.82) is 0 Å². The predicted octanol–water partition coefficient (Wildman–Crippen LogP) is 4.51. The molecule has 0 radical (unpaired) electrons. The van der Waals surface area contributed by atoms with Gasteiger partial charge in [0.2, 0.25) is 0 Å². The average molecular weight is 244 g/mol. The maximum Gasteiger partial charge on any atom is 0.0937 e. The molecule has 0 unspecified atom stereocenters. The van der Waals surface area contributed by atoms with Crippen molar-refractivity contribution in [2.45, 2.75) is 70.5 Å². The van der Waals surface area contributed by atoms with Crippen LogP contribution in [0.3, 0.4) is 0 Å². The summed E-state index contributed by atoms with van der Waals surface area (Å²) < 4.78 is 6.48. The van der Waals surface area contributed by atoms with E-state index in [-0.39, 0.29) is 5.60 Å². The second-order valence-corrected chi connectivity index (χ2v) is 6.09. The van der Waals surface area contributed by atoms with E-state index >= 15 is 0 Å². The van der Waals surface area contributed by atoms with Crippen molar-refractivity contribution in [3.8, 4) is 0 Å². The fourth-order valence-electron chi connectivity index (χ4n) is 3.76. The SMILES string of the molecule is CCCC[C@@]12CCC[C@@H](Cc3cc(C)ccc31)O2. The molecule has 0 spiro atoms. The molecule has 1 saturated heterocycles. The molecule has 2 heterocycles. The molecule has 18 heavy (non-hydrogen) atoms. The van der Waals surface area contributed by atoms with E-state index in [1.165, 1.54) is 49.7 Å². The number of benzene rings is 1. The highest BCUT2D eigenvalue weighted by molar-refractivity contribution is 5.38. The Morgan fingerprint density at radius 3 is 3.11 bits per heavy atom. The Bertz CT molecular complexity index is 437. The highest BCUT2D eigenvalue weighted by Crippen LogP contribution is 2.47. The summed E-state index contributed by atoms with van der Waals surface area (Å²) in [7, 11) is 0. The van der Waals surface area contributed by atoms with Crippen molar-refractivity contribution < 1.29 is 4.74 Å². The minimum Gasteiger partial charge on any atom is -0.367 e. The summed E-state index contributed by atoms with van der Waals surface area (Å²) in [5, 5.41) is 0. The van der Waals surface area contributed by atoms with Gasteiger partial charge in [0.25, 0.3) is 0 Å². The number of ether oxygens (including phenoxy) is 1. The van der Waals surface area contributed by atoms with Gasteiger partial charge in [0.05, 0.1) is 11.7 Å². The highest BCUT2D eigenvalue weighted by Gasteiger charge is 2.43. The van der Waals surface area contributed by atoms with Gasteiger partial charge in [-0.05, 0) is 50.2 Å². The fraction of sp³-hybridized carbons (Fsp3) is 0.647. The zero-order valence-corrected chi connectivity index (χ0v) is 11.7. The average Bonchev–Trinajstić information content (AvgIpc) is 2.36. The van der Waals surface area contributed by atoms with Crippen LogP contribution in [-0.2, 0) is 16.8 Å². The van der Waals surface area contributed by atoms with E-state index < -0.39 is 0 Å². The van der Waals surface area contributed by atoms with Crippen LogP contribution in [0.5, 0.6) is 0 Å². The summed E-state index contributed by atoms with van der Waals surface area (Å²) >= 11 is 0. The van der Waals surface area contributed by atoms with Gasteiger partial charge >= 0.3 is 0 Å². The maximum atomic E-state index is 6.48. The summed E-state index contributed by atoms with van der Waals surface area (Å²) in [5.41, 5.74) is 4.50. The summed E-state index contributed by atoms with van der Waals surface area (Å²) in [6, 6.07) is 6.98. The Morgan fingerprint density at radius 1 is 1.39 bits per heavy atom. The first-order valence-corrected chi connectivity index (χ1v) is 7.51. The van der Waals surface area contributed by atoms with Crippen LogP contribution in [0.2, 0.25) is 0 Å². The highest BCUT2D eigenvalue weighted by atomic mass is 16.5. The molecule has 0 saturated carbocycles. The number of unbranched alkanes of at least 4 members (excludes halogenated alkanes) is 1. The van der Waals surface area contributed by atoms with Crippen LogP contribution in [0.4, 0.5) is 0 Å². The van der Waals surface area contributed by atoms with Gasteiger partial charge in [-0.3, -0.25) is 0 Å². The molecule has 0 N–H and O–H groups in total. The molecule has 3 rings (SSSR count). The third-order valence-corrected chi connectivity index (χ3v) is 4.63. The molecule has 1 nitrogen and oxygen atoms in total. The van der Waals surface area contributed by atoms with E-state index in [4.69, 9.17) is 4.74 Å². The number of rotatable bonds is 3. The fourth-order valence-corrected chi connectivity index (χ4v) is 3.76. The van der Waals surface area contributed by atoms with Crippen LogP contribution in [-0.4, -0.2) is 6.10 Å². The first-order valence-electron chi connectivity index (χ1n) is 7.51. The molecular weight excluding hydrogens is 220 g/mol. The van der Waals surface area contributed by atoms with E-state index in [0.29, 0.717) is 6.10 Å². The van der Waals surface area contributed by atoms with Crippen LogP contribution in [0.15, 0.2) is 18.2 Å². The molecule has 2 aliphatic heterocycles. The van der Waals surface area contributed by atoms with Gasteiger partial charge in [0, 0.05) is 0 Å². The zero-order valence-electron chi connectivity index (χ0n) is 11.7. The molecule has 2 aliphatic rings. The lowest BCUT2D eigenvalue weighted by Gasteiger charge is -2.47. The predicted molar refractivity (Wildman–Crippen MR) is 74.8 cm³/mol. The zero-order chi connectivity index (χ0) is 12.6. The Labute approximate surface area is 111 Å². The summed E-state index contributed by atoms with van der Waals surface area (Å²) in [6.07, 6.45) is 9.16. The molecule has 1 aromatic carbocycles. The minimum atomic E-state index is 0.0558. The van der Waals surface area contributed by atoms with Crippen molar-refractivity contribution in [3.63, 3.8) is 0 Å². The maximum absolute atomic E-state index is 6.48. The summed E-state index contributed by atoms with van der Waals surface area (Å²) in [5.74, 6) is 0. The largest absolute Gasteiger partial charge is 0.367 e. The lowest BCUT2D eigenvalue weighted by Crippen LogP contribution is -2.44. The molecule has 0 aromatic heterocycles. The smallest absolute Gasteiger partial charge is 0.0937 e. The van der Waals surface area contributed by atoms with Crippen molar-refractivity contribution >= 4 is 0 Å². The summed E-state index contributed by atoms with van der Waals surface area (Å²) in [6.45, 7) is 4.47. The van der Waals surface area contributed by atoms with E-state index in [0.717, 1.165) is 6.42 Å². The Balaban J connectivity index is 2.01. The lowest BCUT2D eigenvalue weighted by molar-refractivity contribution is -0.149. The number of aryl methyl sites for hydroxylation is 1. The van der Waals surface area contributed by atoms with E-state index in [1.54, 1.807) is 5.56 Å². The van der Waals surface area contributed by atoms with Crippen LogP contribution in [0.1, 0.15) is 62.1 Å². The molecule has 2 bridgehead atoms. The van der Waals surface area contributed by atoms with Gasteiger partial charge in [-0.15, -0.1) is 0 Å². The number of hydrogen-bond donors (Lipinski definition) is 0. The van der Waals surface area contributed by atoms with Crippen LogP contribution >= 0.6 is 0 Å². The quantitative estimate of drug-likeness (QED) is 0.760. The second kappa shape index (κ2) is 4.70. The van der Waals surface area contributed by atoms with Gasteiger partial charge in [0.15, 0.2) is 0 Å². The molecule has 1 fully saturated rings. The topological polar surface area (TPSA) is 9.23 Å². The monoisotopic (exact) mass is 244 g/mol. The van der Waals surface area contributed by atoms with Gasteiger partial charge in [-0.1, -0.05) is 43.5 Å². The van der Waals surface area contributed by atoms with Gasteiger partial charge < -0.3 is 4.74 Å².